The fraction of sp³-hybridized carbons (Fsp3) is 0.778. The van der Waals surface area contributed by atoms with Gasteiger partial charge in [0.25, 0.3) is 0 Å². The van der Waals surface area contributed by atoms with Crippen molar-refractivity contribution in [2.24, 2.45) is 0 Å². The highest BCUT2D eigenvalue weighted by atomic mass is 28.4. The Morgan fingerprint density at radius 2 is 0.357 bits per heavy atom. The first-order chi connectivity index (χ1) is 30.4. The summed E-state index contributed by atoms with van der Waals surface area (Å²) >= 11 is 0. The molecule has 0 bridgehead atoms. The number of benzene rings is 2. The van der Waals surface area contributed by atoms with E-state index < -0.39 is 96.9 Å². The summed E-state index contributed by atoms with van der Waals surface area (Å²) in [5.41, 5.74) is 13.0. The average Bonchev–Trinajstić information content (AvgIpc) is 2.93. The smallest absolute Gasteiger partial charge is 0.445 e. The van der Waals surface area contributed by atoms with E-state index >= 15 is 0 Å². The molecule has 1 aliphatic heterocycles. The lowest BCUT2D eigenvalue weighted by atomic mass is 9.57. The first kappa shape index (κ1) is 65.4. The topological polar surface area (TPSA) is 18.5 Å². The van der Waals surface area contributed by atoms with Crippen LogP contribution in [0.1, 0.15) is 64.4 Å². The average molecular weight is 1160 g/mol. The van der Waals surface area contributed by atoms with Crippen LogP contribution in [0.4, 0.5) is 0 Å². The maximum Gasteiger partial charge on any atom is 0.467 e. The number of hydrogen-bond acceptors (Lipinski definition) is 2. The molecule has 0 radical (unpaired) electrons. The summed E-state index contributed by atoms with van der Waals surface area (Å²) in [5.74, 6) is 0. The fourth-order valence-electron chi connectivity index (χ4n) is 17.3. The molecule has 0 spiro atoms. The molecule has 0 amide bonds. The molecule has 3 rings (SSSR count). The minimum atomic E-state index is -1.77. The molecule has 0 atom stereocenters. The molecule has 1 heterocycles. The monoisotopic (exact) mass is 1160 g/mol. The van der Waals surface area contributed by atoms with Gasteiger partial charge in [-0.2, -0.15) is 0 Å². The maximum absolute atomic E-state index is 7.98. The molecular weight excluding hydrogens is 1040 g/mol. The van der Waals surface area contributed by atoms with Gasteiger partial charge in [0.05, 0.1) is 0 Å². The van der Waals surface area contributed by atoms with Crippen molar-refractivity contribution >= 4 is 122 Å². The Labute approximate surface area is 451 Å². The molecular formula is C54H118B2O2Si12. The van der Waals surface area contributed by atoms with Gasteiger partial charge in [0.2, 0.25) is 0 Å². The van der Waals surface area contributed by atoms with Crippen LogP contribution in [0, 0.1) is 0 Å². The van der Waals surface area contributed by atoms with Gasteiger partial charge in [-0.1, -0.05) is 260 Å². The van der Waals surface area contributed by atoms with Crippen LogP contribution in [-0.2, 0) is 9.14 Å². The predicted octanol–water partition coefficient (Wildman–Crippen LogP) is 17.9. The Morgan fingerprint density at radius 3 is 0.471 bits per heavy atom. The van der Waals surface area contributed by atoms with Crippen molar-refractivity contribution in [3.05, 3.63) is 57.6 Å². The first-order valence-electron chi connectivity index (χ1n) is 28.0. The summed E-state index contributed by atoms with van der Waals surface area (Å²) in [6.45, 7) is 96.6. The second-order valence-electron chi connectivity index (χ2n) is 36.2. The van der Waals surface area contributed by atoms with E-state index in [1.54, 1.807) is 33.4 Å². The van der Waals surface area contributed by atoms with Gasteiger partial charge in [-0.15, -0.1) is 0 Å². The van der Waals surface area contributed by atoms with E-state index in [0.29, 0.717) is 31.0 Å². The molecule has 0 N–H and O–H groups in total. The Balaban J connectivity index is 2.82. The zero-order valence-electron chi connectivity index (χ0n) is 53.7. The molecule has 70 heavy (non-hydrogen) atoms. The van der Waals surface area contributed by atoms with Crippen molar-refractivity contribution < 1.29 is 9.14 Å². The summed E-state index contributed by atoms with van der Waals surface area (Å²) in [4.78, 5) is 0. The SMILES string of the molecule is C[Si](C)(C)C(c1cc(C([Si](C)(C)C)[Si](C)(C)C)c(B2OB(c3c(C([Si](C)(C)C)[Si](C)(C)C)cc(C([Si](C)(C)C)[Si](C)(C)C)cc3C([Si](C)(C)C)[Si](C)(C)C)O2)c(C([Si](C)(C)C)[Si](C)(C)C)c1)[Si](C)(C)C. The normalized spacial score (nSPS) is 16.3. The van der Waals surface area contributed by atoms with Crippen molar-refractivity contribution in [3.8, 4) is 0 Å². The Kier molecular flexibility index (Phi) is 19.3. The first-order valence-corrected chi connectivity index (χ1v) is 71.0. The molecule has 1 saturated heterocycles. The second kappa shape index (κ2) is 20.7. The molecule has 2 nitrogen and oxygen atoms in total. The van der Waals surface area contributed by atoms with Crippen LogP contribution in [0.5, 0.6) is 0 Å². The summed E-state index contributed by atoms with van der Waals surface area (Å²) in [6.07, 6.45) is 0. The standard InChI is InChI=1S/C54H118B2O2Si12/c1-59(2,3)49(60(4,5)6)41-37-43(51(63(13,14)15)64(16,17)18)47(44(38-41)52(65(19,20)21)66(22,23)24)55-57-56(58-55)48-45(53(67(25,26)27)68(28,29)30)39-42(50(61(7,8)9)62(10,11)12)40-46(48)54(69(31,32)33)70(34,35)36/h37-40,49-54H,1-36H3. The molecule has 0 saturated carbocycles. The van der Waals surface area contributed by atoms with Crippen LogP contribution in [0.25, 0.3) is 0 Å². The molecule has 1 fully saturated rings. The van der Waals surface area contributed by atoms with Crippen LogP contribution >= 0.6 is 0 Å². The quantitative estimate of drug-likeness (QED) is 0.123. The van der Waals surface area contributed by atoms with Crippen molar-refractivity contribution in [2.75, 3.05) is 0 Å². The highest BCUT2D eigenvalue weighted by Crippen LogP contribution is 2.48. The zero-order valence-corrected chi connectivity index (χ0v) is 65.7. The summed E-state index contributed by atoms with van der Waals surface area (Å²) in [6, 6.07) is 11.4. The largest absolute Gasteiger partial charge is 0.467 e. The third kappa shape index (κ3) is 15.2. The lowest BCUT2D eigenvalue weighted by Crippen LogP contribution is -2.67. The minimum absolute atomic E-state index is 0.349. The van der Waals surface area contributed by atoms with Gasteiger partial charge >= 0.3 is 14.2 Å². The van der Waals surface area contributed by atoms with E-state index in [9.17, 15) is 0 Å². The van der Waals surface area contributed by atoms with Crippen LogP contribution in [0.15, 0.2) is 24.3 Å². The summed E-state index contributed by atoms with van der Waals surface area (Å²) in [7, 11) is -21.3. The van der Waals surface area contributed by atoms with E-state index in [1.165, 1.54) is 10.9 Å². The maximum atomic E-state index is 7.98. The zero-order chi connectivity index (χ0) is 55.5. The van der Waals surface area contributed by atoms with Crippen LogP contribution in [0.2, 0.25) is 236 Å². The third-order valence-corrected chi connectivity index (χ3v) is 71.6. The molecule has 2 aromatic rings. The Morgan fingerprint density at radius 1 is 0.229 bits per heavy atom. The van der Waals surface area contributed by atoms with Gasteiger partial charge < -0.3 is 9.14 Å². The highest BCUT2D eigenvalue weighted by molar-refractivity contribution is 7.01. The van der Waals surface area contributed by atoms with Gasteiger partial charge in [-0.25, -0.2) is 0 Å². The summed E-state index contributed by atoms with van der Waals surface area (Å²) in [5, 5.41) is 3.70. The third-order valence-electron chi connectivity index (χ3n) is 15.8. The molecule has 1 aliphatic rings. The molecule has 0 unspecified atom stereocenters. The molecule has 0 aliphatic carbocycles. The minimum Gasteiger partial charge on any atom is -0.445 e. The van der Waals surface area contributed by atoms with Crippen molar-refractivity contribution in [3.63, 3.8) is 0 Å². The molecule has 400 valence electrons. The fourth-order valence-corrected chi connectivity index (χ4v) is 93.7. The van der Waals surface area contributed by atoms with E-state index in [2.05, 4.69) is 260 Å². The Bertz CT molecular complexity index is 1800. The van der Waals surface area contributed by atoms with Gasteiger partial charge in [-0.05, 0) is 75.3 Å². The molecule has 16 heteroatoms. The lowest BCUT2D eigenvalue weighted by molar-refractivity contribution is 0.307. The Hall–Kier alpha value is 1.09. The van der Waals surface area contributed by atoms with E-state index in [0.717, 1.165) is 0 Å². The van der Waals surface area contributed by atoms with Gasteiger partial charge in [0.1, 0.15) is 0 Å². The van der Waals surface area contributed by atoms with E-state index in [1.807, 2.05) is 0 Å². The molecule has 0 aromatic heterocycles. The van der Waals surface area contributed by atoms with E-state index in [-0.39, 0.29) is 14.2 Å². The van der Waals surface area contributed by atoms with Gasteiger partial charge in [0.15, 0.2) is 0 Å². The lowest BCUT2D eigenvalue weighted by Gasteiger charge is -2.49. The van der Waals surface area contributed by atoms with Crippen LogP contribution in [0.3, 0.4) is 0 Å². The van der Waals surface area contributed by atoms with Gasteiger partial charge in [0, 0.05) is 96.9 Å². The predicted molar refractivity (Wildman–Crippen MR) is 362 cm³/mol. The molecule has 2 aromatic carbocycles. The number of hydrogen-bond donors (Lipinski definition) is 0. The van der Waals surface area contributed by atoms with E-state index in [4.69, 9.17) is 9.14 Å². The highest BCUT2D eigenvalue weighted by Gasteiger charge is 2.56. The van der Waals surface area contributed by atoms with Crippen LogP contribution in [-0.4, -0.2) is 111 Å². The van der Waals surface area contributed by atoms with Crippen molar-refractivity contribution in [1.29, 1.82) is 0 Å². The van der Waals surface area contributed by atoms with Gasteiger partial charge in [-0.3, -0.25) is 0 Å². The second-order valence-corrected chi connectivity index (χ2v) is 103. The van der Waals surface area contributed by atoms with Crippen LogP contribution < -0.4 is 10.9 Å². The van der Waals surface area contributed by atoms with Crippen molar-refractivity contribution in [2.45, 2.75) is 267 Å². The van der Waals surface area contributed by atoms with Crippen molar-refractivity contribution in [1.82, 2.24) is 0 Å². The number of rotatable bonds is 20. The summed E-state index contributed by atoms with van der Waals surface area (Å²) < 4.78 is 16.0.